The van der Waals surface area contributed by atoms with Crippen molar-refractivity contribution in [3.8, 4) is 0 Å². The maximum Gasteiger partial charge on any atom is 0.306 e. The largest absolute Gasteiger partial charge is 0.469 e. The summed E-state index contributed by atoms with van der Waals surface area (Å²) in [7, 11) is 1.35. The number of methoxy groups -OCH3 is 1. The molecule has 2 rings (SSSR count). The first kappa shape index (κ1) is 14.9. The molecule has 0 aromatic heterocycles. The second-order valence-corrected chi connectivity index (χ2v) is 4.66. The molecule has 1 saturated heterocycles. The maximum atomic E-state index is 13.2. The minimum Gasteiger partial charge on any atom is -0.469 e. The predicted octanol–water partition coefficient (Wildman–Crippen LogP) is 1.90. The Morgan fingerprint density at radius 1 is 1.45 bits per heavy atom. The third-order valence-electron chi connectivity index (χ3n) is 3.33. The van der Waals surface area contributed by atoms with Crippen molar-refractivity contribution in [3.05, 3.63) is 35.4 Å². The summed E-state index contributed by atoms with van der Waals surface area (Å²) < 4.78 is 36.3. The van der Waals surface area contributed by atoms with Gasteiger partial charge >= 0.3 is 5.97 Å². The van der Waals surface area contributed by atoms with E-state index in [2.05, 4.69) is 4.74 Å². The number of hydrogen-bond donors (Lipinski definition) is 0. The molecule has 0 amide bonds. The van der Waals surface area contributed by atoms with Gasteiger partial charge in [0.2, 0.25) is 0 Å². The van der Waals surface area contributed by atoms with Gasteiger partial charge in [0.05, 0.1) is 26.2 Å². The Morgan fingerprint density at radius 2 is 2.25 bits per heavy atom. The lowest BCUT2D eigenvalue weighted by molar-refractivity contribution is -0.141. The number of ether oxygens (including phenoxy) is 2. The van der Waals surface area contributed by atoms with Crippen molar-refractivity contribution in [2.24, 2.45) is 0 Å². The van der Waals surface area contributed by atoms with Crippen molar-refractivity contribution < 1.29 is 23.0 Å². The molecule has 0 saturated carbocycles. The summed E-state index contributed by atoms with van der Waals surface area (Å²) in [5, 5.41) is 0. The van der Waals surface area contributed by atoms with Crippen LogP contribution in [0.15, 0.2) is 18.2 Å². The van der Waals surface area contributed by atoms with E-state index in [1.54, 1.807) is 0 Å². The fraction of sp³-hybridized carbons (Fsp3) is 0.500. The van der Waals surface area contributed by atoms with E-state index in [0.717, 1.165) is 12.1 Å². The average Bonchev–Trinajstić information content (AvgIpc) is 2.48. The first-order valence-corrected chi connectivity index (χ1v) is 6.46. The number of carbonyl (C=O) groups is 1. The van der Waals surface area contributed by atoms with Crippen molar-refractivity contribution in [2.75, 3.05) is 33.4 Å². The predicted molar refractivity (Wildman–Crippen MR) is 68.1 cm³/mol. The molecule has 1 aromatic rings. The topological polar surface area (TPSA) is 38.8 Å². The van der Waals surface area contributed by atoms with Crippen LogP contribution in [0.5, 0.6) is 0 Å². The third-order valence-corrected chi connectivity index (χ3v) is 3.33. The lowest BCUT2D eigenvalue weighted by Crippen LogP contribution is -2.39. The van der Waals surface area contributed by atoms with Crippen LogP contribution in [0.2, 0.25) is 0 Å². The van der Waals surface area contributed by atoms with Crippen molar-refractivity contribution in [2.45, 2.75) is 12.5 Å². The van der Waals surface area contributed by atoms with Gasteiger partial charge in [-0.15, -0.1) is 0 Å². The summed E-state index contributed by atoms with van der Waals surface area (Å²) in [5.74, 6) is -2.01. The highest BCUT2D eigenvalue weighted by atomic mass is 19.2. The summed E-state index contributed by atoms with van der Waals surface area (Å²) in [6, 6.07) is 3.78. The van der Waals surface area contributed by atoms with Crippen LogP contribution in [0, 0.1) is 11.6 Å². The quantitative estimate of drug-likeness (QED) is 0.792. The normalized spacial score (nSPS) is 19.9. The van der Waals surface area contributed by atoms with Crippen LogP contribution in [0.25, 0.3) is 0 Å². The van der Waals surface area contributed by atoms with E-state index in [9.17, 15) is 13.6 Å². The van der Waals surface area contributed by atoms with E-state index in [0.29, 0.717) is 38.2 Å². The van der Waals surface area contributed by atoms with Gasteiger partial charge in [-0.3, -0.25) is 9.69 Å². The van der Waals surface area contributed by atoms with Crippen LogP contribution < -0.4 is 0 Å². The van der Waals surface area contributed by atoms with E-state index in [-0.39, 0.29) is 12.1 Å². The molecule has 0 unspecified atom stereocenters. The standard InChI is InChI=1S/C14H17F2NO3/c1-19-14(18)4-5-17-6-7-20-13(9-17)10-2-3-11(15)12(16)8-10/h2-3,8,13H,4-7,9H2,1H3/t13-/m0/s1. The second-order valence-electron chi connectivity index (χ2n) is 4.66. The van der Waals surface area contributed by atoms with E-state index in [4.69, 9.17) is 4.74 Å². The highest BCUT2D eigenvalue weighted by Crippen LogP contribution is 2.23. The summed E-state index contributed by atoms with van der Waals surface area (Å²) in [6.45, 7) is 2.31. The molecular formula is C14H17F2NO3. The number of esters is 1. The molecule has 0 spiro atoms. The first-order valence-electron chi connectivity index (χ1n) is 6.46. The van der Waals surface area contributed by atoms with Crippen LogP contribution >= 0.6 is 0 Å². The van der Waals surface area contributed by atoms with Crippen molar-refractivity contribution in [1.82, 2.24) is 4.90 Å². The first-order chi connectivity index (χ1) is 9.60. The number of carbonyl (C=O) groups excluding carboxylic acids is 1. The number of nitrogens with zero attached hydrogens (tertiary/aromatic N) is 1. The number of halogens is 2. The molecule has 110 valence electrons. The average molecular weight is 285 g/mol. The van der Waals surface area contributed by atoms with Crippen LogP contribution in [0.1, 0.15) is 18.1 Å². The van der Waals surface area contributed by atoms with Crippen LogP contribution in [-0.2, 0) is 14.3 Å². The summed E-state index contributed by atoms with van der Waals surface area (Å²) >= 11 is 0. The number of benzene rings is 1. The van der Waals surface area contributed by atoms with E-state index < -0.39 is 11.6 Å². The van der Waals surface area contributed by atoms with Crippen LogP contribution in [0.4, 0.5) is 8.78 Å². The number of morpholine rings is 1. The lowest BCUT2D eigenvalue weighted by Gasteiger charge is -2.32. The molecule has 0 bridgehead atoms. The van der Waals surface area contributed by atoms with Gasteiger partial charge in [0.1, 0.15) is 0 Å². The van der Waals surface area contributed by atoms with Gasteiger partial charge in [-0.2, -0.15) is 0 Å². The Balaban J connectivity index is 1.95. The molecule has 1 aliphatic rings. The van der Waals surface area contributed by atoms with Crippen molar-refractivity contribution in [1.29, 1.82) is 0 Å². The smallest absolute Gasteiger partial charge is 0.306 e. The molecule has 1 aromatic carbocycles. The van der Waals surface area contributed by atoms with E-state index in [1.165, 1.54) is 13.2 Å². The van der Waals surface area contributed by atoms with Gasteiger partial charge in [0.25, 0.3) is 0 Å². The fourth-order valence-corrected chi connectivity index (χ4v) is 2.17. The molecule has 1 aliphatic heterocycles. The SMILES string of the molecule is COC(=O)CCN1CCO[C@H](c2ccc(F)c(F)c2)C1. The number of hydrogen-bond acceptors (Lipinski definition) is 4. The number of rotatable bonds is 4. The maximum absolute atomic E-state index is 13.2. The fourth-order valence-electron chi connectivity index (χ4n) is 2.17. The zero-order valence-corrected chi connectivity index (χ0v) is 11.3. The molecule has 20 heavy (non-hydrogen) atoms. The molecule has 1 atom stereocenters. The van der Waals surface area contributed by atoms with E-state index >= 15 is 0 Å². The lowest BCUT2D eigenvalue weighted by atomic mass is 10.1. The molecule has 4 nitrogen and oxygen atoms in total. The Morgan fingerprint density at radius 3 is 2.95 bits per heavy atom. The Kier molecular flexibility index (Phi) is 5.03. The molecule has 1 fully saturated rings. The zero-order chi connectivity index (χ0) is 14.5. The van der Waals surface area contributed by atoms with Crippen molar-refractivity contribution >= 4 is 5.97 Å². The van der Waals surface area contributed by atoms with Gasteiger partial charge in [-0.25, -0.2) is 8.78 Å². The van der Waals surface area contributed by atoms with Gasteiger partial charge in [0, 0.05) is 19.6 Å². The highest BCUT2D eigenvalue weighted by Gasteiger charge is 2.23. The minimum absolute atomic E-state index is 0.263. The van der Waals surface area contributed by atoms with Crippen molar-refractivity contribution in [3.63, 3.8) is 0 Å². The molecule has 0 N–H and O–H groups in total. The molecular weight excluding hydrogens is 268 g/mol. The summed E-state index contributed by atoms with van der Waals surface area (Å²) in [5.41, 5.74) is 0.603. The third kappa shape index (κ3) is 3.74. The second kappa shape index (κ2) is 6.76. The minimum atomic E-state index is -0.877. The van der Waals surface area contributed by atoms with Crippen LogP contribution in [-0.4, -0.2) is 44.2 Å². The Hall–Kier alpha value is -1.53. The van der Waals surface area contributed by atoms with Gasteiger partial charge in [-0.05, 0) is 17.7 Å². The zero-order valence-electron chi connectivity index (χ0n) is 11.3. The Bertz CT molecular complexity index is 481. The van der Waals surface area contributed by atoms with Gasteiger partial charge in [-0.1, -0.05) is 6.07 Å². The monoisotopic (exact) mass is 285 g/mol. The summed E-state index contributed by atoms with van der Waals surface area (Å²) in [6.07, 6.45) is -0.00225. The van der Waals surface area contributed by atoms with E-state index in [1.807, 2.05) is 4.90 Å². The highest BCUT2D eigenvalue weighted by molar-refractivity contribution is 5.69. The van der Waals surface area contributed by atoms with Gasteiger partial charge in [0.15, 0.2) is 11.6 Å². The van der Waals surface area contributed by atoms with Gasteiger partial charge < -0.3 is 9.47 Å². The molecule has 0 aliphatic carbocycles. The molecule has 6 heteroatoms. The Labute approximate surface area is 116 Å². The molecule has 1 heterocycles. The van der Waals surface area contributed by atoms with Crippen LogP contribution in [0.3, 0.4) is 0 Å². The molecule has 0 radical (unpaired) electrons. The summed E-state index contributed by atoms with van der Waals surface area (Å²) in [4.78, 5) is 13.2.